The lowest BCUT2D eigenvalue weighted by atomic mass is 9.93. The van der Waals surface area contributed by atoms with Crippen LogP contribution in [0.25, 0.3) is 0 Å². The maximum absolute atomic E-state index is 11.7. The molecule has 16 heavy (non-hydrogen) atoms. The van der Waals surface area contributed by atoms with E-state index < -0.39 is 5.92 Å². The zero-order chi connectivity index (χ0) is 12.0. The molecule has 1 rings (SSSR count). The van der Waals surface area contributed by atoms with E-state index >= 15 is 0 Å². The maximum atomic E-state index is 11.7. The Morgan fingerprint density at radius 3 is 2.38 bits per heavy atom. The van der Waals surface area contributed by atoms with E-state index in [1.165, 1.54) is 5.56 Å². The van der Waals surface area contributed by atoms with Gasteiger partial charge in [-0.05, 0) is 24.0 Å². The summed E-state index contributed by atoms with van der Waals surface area (Å²) < 4.78 is 0. The lowest BCUT2D eigenvalue weighted by Gasteiger charge is -2.08. The van der Waals surface area contributed by atoms with E-state index in [0.717, 1.165) is 18.4 Å². The Hall–Kier alpha value is -1.62. The number of hydrogen-bond donors (Lipinski definition) is 0. The molecule has 0 aromatic heterocycles. The summed E-state index contributed by atoms with van der Waals surface area (Å²) in [6.07, 6.45) is 2.25. The number of carbonyl (C=O) groups is 1. The number of carbonyl (C=O) groups excluding carboxylic acids is 1. The summed E-state index contributed by atoms with van der Waals surface area (Å²) in [5.41, 5.74) is 2.04. The van der Waals surface area contributed by atoms with E-state index in [1.54, 1.807) is 0 Å². The van der Waals surface area contributed by atoms with E-state index in [0.29, 0.717) is 6.42 Å². The number of rotatable bonds is 5. The van der Waals surface area contributed by atoms with Crippen molar-refractivity contribution in [3.8, 4) is 6.07 Å². The molecule has 0 amide bonds. The Kier molecular flexibility index (Phi) is 4.72. The molecule has 1 aromatic rings. The predicted molar refractivity (Wildman–Crippen MR) is 64.1 cm³/mol. The molecule has 0 aliphatic carbocycles. The van der Waals surface area contributed by atoms with Crippen LogP contribution in [0.4, 0.5) is 0 Å². The number of nitrogens with zero attached hydrogens (tertiary/aromatic N) is 1. The highest BCUT2D eigenvalue weighted by Crippen LogP contribution is 2.19. The Balaban J connectivity index is 2.88. The fourth-order valence-corrected chi connectivity index (χ4v) is 1.67. The fraction of sp³-hybridized carbons (Fsp3) is 0.429. The first-order valence-corrected chi connectivity index (χ1v) is 5.74. The zero-order valence-electron chi connectivity index (χ0n) is 9.86. The molecule has 0 aliphatic heterocycles. The number of Topliss-reactive ketones (excluding diaryl/α,β-unsaturated/α-hetero) is 1. The van der Waals surface area contributed by atoms with Gasteiger partial charge in [0.2, 0.25) is 0 Å². The molecule has 0 N–H and O–H groups in total. The molecule has 1 atom stereocenters. The molecule has 1 unspecified atom stereocenters. The number of ketones is 1. The highest BCUT2D eigenvalue weighted by molar-refractivity contribution is 5.88. The molecule has 84 valence electrons. The molecule has 0 fully saturated rings. The molecule has 0 radical (unpaired) electrons. The third kappa shape index (κ3) is 2.93. The van der Waals surface area contributed by atoms with Gasteiger partial charge in [0.25, 0.3) is 0 Å². The van der Waals surface area contributed by atoms with Gasteiger partial charge in [0, 0.05) is 6.42 Å². The Labute approximate surface area is 96.9 Å². The topological polar surface area (TPSA) is 40.9 Å². The van der Waals surface area contributed by atoms with Gasteiger partial charge in [-0.25, -0.2) is 0 Å². The van der Waals surface area contributed by atoms with Crippen molar-refractivity contribution in [3.63, 3.8) is 0 Å². The van der Waals surface area contributed by atoms with E-state index in [9.17, 15) is 4.79 Å². The number of hydrogen-bond acceptors (Lipinski definition) is 2. The van der Waals surface area contributed by atoms with Crippen LogP contribution >= 0.6 is 0 Å². The molecule has 0 saturated heterocycles. The van der Waals surface area contributed by atoms with Gasteiger partial charge in [0.15, 0.2) is 5.78 Å². The second-order valence-corrected chi connectivity index (χ2v) is 3.87. The van der Waals surface area contributed by atoms with Crippen molar-refractivity contribution in [1.29, 1.82) is 5.26 Å². The first kappa shape index (κ1) is 12.4. The quantitative estimate of drug-likeness (QED) is 0.756. The van der Waals surface area contributed by atoms with Crippen LogP contribution in [0.5, 0.6) is 0 Å². The van der Waals surface area contributed by atoms with Gasteiger partial charge in [-0.3, -0.25) is 4.79 Å². The molecule has 0 aliphatic rings. The van der Waals surface area contributed by atoms with Crippen LogP contribution in [-0.2, 0) is 11.2 Å². The van der Waals surface area contributed by atoms with Gasteiger partial charge in [-0.1, -0.05) is 38.1 Å². The highest BCUT2D eigenvalue weighted by Gasteiger charge is 2.18. The van der Waals surface area contributed by atoms with Crippen LogP contribution < -0.4 is 0 Å². The first-order valence-electron chi connectivity index (χ1n) is 5.74. The SMILES string of the molecule is CCCC(=O)C(C#N)c1ccc(CC)cc1. The van der Waals surface area contributed by atoms with Crippen molar-refractivity contribution in [2.75, 3.05) is 0 Å². The summed E-state index contributed by atoms with van der Waals surface area (Å²) in [7, 11) is 0. The molecule has 0 heterocycles. The average Bonchev–Trinajstić information content (AvgIpc) is 2.31. The molecular formula is C14H17NO. The lowest BCUT2D eigenvalue weighted by Crippen LogP contribution is -2.10. The Morgan fingerprint density at radius 1 is 1.31 bits per heavy atom. The summed E-state index contributed by atoms with van der Waals surface area (Å²) in [5, 5.41) is 9.03. The monoisotopic (exact) mass is 215 g/mol. The van der Waals surface area contributed by atoms with Crippen molar-refractivity contribution < 1.29 is 4.79 Å². The van der Waals surface area contributed by atoms with E-state index in [4.69, 9.17) is 5.26 Å². The van der Waals surface area contributed by atoms with Gasteiger partial charge in [-0.2, -0.15) is 5.26 Å². The van der Waals surface area contributed by atoms with Crippen molar-refractivity contribution in [3.05, 3.63) is 35.4 Å². The molecule has 2 nitrogen and oxygen atoms in total. The summed E-state index contributed by atoms with van der Waals surface area (Å²) in [4.78, 5) is 11.7. The van der Waals surface area contributed by atoms with Crippen LogP contribution in [-0.4, -0.2) is 5.78 Å². The molecule has 0 spiro atoms. The zero-order valence-corrected chi connectivity index (χ0v) is 9.86. The highest BCUT2D eigenvalue weighted by atomic mass is 16.1. The summed E-state index contributed by atoms with van der Waals surface area (Å²) in [6.45, 7) is 4.03. The minimum absolute atomic E-state index is 0.0225. The van der Waals surface area contributed by atoms with Crippen LogP contribution in [0.1, 0.15) is 43.7 Å². The van der Waals surface area contributed by atoms with E-state index in [1.807, 2.05) is 31.2 Å². The van der Waals surface area contributed by atoms with Gasteiger partial charge in [0.05, 0.1) is 6.07 Å². The largest absolute Gasteiger partial charge is 0.298 e. The Morgan fingerprint density at radius 2 is 1.94 bits per heavy atom. The van der Waals surface area contributed by atoms with Crippen molar-refractivity contribution >= 4 is 5.78 Å². The molecule has 1 aromatic carbocycles. The fourth-order valence-electron chi connectivity index (χ4n) is 1.67. The van der Waals surface area contributed by atoms with E-state index in [2.05, 4.69) is 13.0 Å². The van der Waals surface area contributed by atoms with Crippen LogP contribution in [0, 0.1) is 11.3 Å². The van der Waals surface area contributed by atoms with Gasteiger partial charge in [0.1, 0.15) is 5.92 Å². The third-order valence-corrected chi connectivity index (χ3v) is 2.67. The second kappa shape index (κ2) is 6.07. The van der Waals surface area contributed by atoms with Crippen LogP contribution in [0.15, 0.2) is 24.3 Å². The van der Waals surface area contributed by atoms with Crippen molar-refractivity contribution in [2.45, 2.75) is 39.0 Å². The molecule has 0 saturated carbocycles. The number of aryl methyl sites for hydroxylation is 1. The molecular weight excluding hydrogens is 198 g/mol. The summed E-state index contributed by atoms with van der Waals surface area (Å²) in [5.74, 6) is -0.569. The van der Waals surface area contributed by atoms with Crippen molar-refractivity contribution in [1.82, 2.24) is 0 Å². The van der Waals surface area contributed by atoms with Crippen LogP contribution in [0.2, 0.25) is 0 Å². The number of nitriles is 1. The predicted octanol–water partition coefficient (Wildman–Crippen LogP) is 3.23. The normalized spacial score (nSPS) is 11.8. The molecule has 0 bridgehead atoms. The second-order valence-electron chi connectivity index (χ2n) is 3.87. The maximum Gasteiger partial charge on any atom is 0.154 e. The summed E-state index contributed by atoms with van der Waals surface area (Å²) >= 11 is 0. The molecule has 2 heteroatoms. The van der Waals surface area contributed by atoms with Gasteiger partial charge in [-0.15, -0.1) is 0 Å². The lowest BCUT2D eigenvalue weighted by molar-refractivity contribution is -0.119. The third-order valence-electron chi connectivity index (χ3n) is 2.67. The number of benzene rings is 1. The standard InChI is InChI=1S/C14H17NO/c1-3-5-14(16)13(10-15)12-8-6-11(4-2)7-9-12/h6-9,13H,3-5H2,1-2H3. The smallest absolute Gasteiger partial charge is 0.154 e. The minimum Gasteiger partial charge on any atom is -0.298 e. The van der Waals surface area contributed by atoms with Crippen molar-refractivity contribution in [2.24, 2.45) is 0 Å². The average molecular weight is 215 g/mol. The van der Waals surface area contributed by atoms with E-state index in [-0.39, 0.29) is 5.78 Å². The summed E-state index contributed by atoms with van der Waals surface area (Å²) in [6, 6.07) is 9.84. The van der Waals surface area contributed by atoms with Gasteiger partial charge >= 0.3 is 0 Å². The van der Waals surface area contributed by atoms with Gasteiger partial charge < -0.3 is 0 Å². The first-order chi connectivity index (χ1) is 7.72. The Bertz CT molecular complexity index is 386. The van der Waals surface area contributed by atoms with Crippen LogP contribution in [0.3, 0.4) is 0 Å². The minimum atomic E-state index is -0.592.